The average Bonchev–Trinajstić information content (AvgIpc) is 2.77. The molecule has 3 rings (SSSR count). The first-order chi connectivity index (χ1) is 14.1. The highest BCUT2D eigenvalue weighted by molar-refractivity contribution is 5.26. The third-order valence-electron chi connectivity index (χ3n) is 6.34. The van der Waals surface area contributed by atoms with Gasteiger partial charge in [-0.1, -0.05) is 81.4 Å². The van der Waals surface area contributed by atoms with Crippen LogP contribution in [0.15, 0.2) is 60.7 Å². The first-order valence-electron chi connectivity index (χ1n) is 11.6. The largest absolute Gasteiger partial charge is 0.306 e. The van der Waals surface area contributed by atoms with Crippen LogP contribution in [0.1, 0.15) is 64.0 Å². The fourth-order valence-electron chi connectivity index (χ4n) is 4.49. The molecule has 0 aromatic heterocycles. The molecule has 0 spiro atoms. The lowest BCUT2D eigenvalue weighted by Crippen LogP contribution is -2.41. The van der Waals surface area contributed by atoms with Gasteiger partial charge in [0.05, 0.1) is 0 Å². The highest BCUT2D eigenvalue weighted by Gasteiger charge is 2.34. The summed E-state index contributed by atoms with van der Waals surface area (Å²) in [6, 6.07) is 22.0. The summed E-state index contributed by atoms with van der Waals surface area (Å²) in [7, 11) is 2.17. The molecule has 1 fully saturated rings. The lowest BCUT2D eigenvalue weighted by molar-refractivity contribution is 0.149. The van der Waals surface area contributed by atoms with Crippen molar-refractivity contribution in [3.05, 3.63) is 71.8 Å². The van der Waals surface area contributed by atoms with Crippen molar-refractivity contribution in [2.75, 3.05) is 33.2 Å². The van der Waals surface area contributed by atoms with Gasteiger partial charge in [0.15, 0.2) is 0 Å². The molecule has 160 valence electrons. The second-order valence-electron chi connectivity index (χ2n) is 8.56. The number of nitrogens with zero attached hydrogens (tertiary/aromatic N) is 2. The average molecular weight is 395 g/mol. The molecule has 0 amide bonds. The molecule has 1 heterocycles. The summed E-state index contributed by atoms with van der Waals surface area (Å²) >= 11 is 0. The van der Waals surface area contributed by atoms with E-state index in [1.165, 1.54) is 69.4 Å². The van der Waals surface area contributed by atoms with Gasteiger partial charge < -0.3 is 4.90 Å². The van der Waals surface area contributed by atoms with E-state index in [1.807, 2.05) is 0 Å². The SMILES string of the molecule is CCC1(c2ccccc2)CCN(Cc2ccccc2)CC1.CCCN(C)CCC. The van der Waals surface area contributed by atoms with Gasteiger partial charge in [-0.3, -0.25) is 4.90 Å². The van der Waals surface area contributed by atoms with E-state index in [0.717, 1.165) is 6.54 Å². The molecule has 0 unspecified atom stereocenters. The fraction of sp³-hybridized carbons (Fsp3) is 0.556. The molecule has 2 aromatic rings. The summed E-state index contributed by atoms with van der Waals surface area (Å²) in [6.45, 7) is 12.8. The maximum Gasteiger partial charge on any atom is 0.0233 e. The Bertz CT molecular complexity index is 639. The van der Waals surface area contributed by atoms with Gasteiger partial charge in [-0.05, 0) is 81.9 Å². The summed E-state index contributed by atoms with van der Waals surface area (Å²) in [5, 5.41) is 0. The summed E-state index contributed by atoms with van der Waals surface area (Å²) in [4.78, 5) is 4.96. The molecule has 1 aliphatic rings. The molecule has 2 heteroatoms. The highest BCUT2D eigenvalue weighted by atomic mass is 15.1. The Morgan fingerprint density at radius 1 is 0.793 bits per heavy atom. The molecule has 0 N–H and O–H groups in total. The van der Waals surface area contributed by atoms with Crippen molar-refractivity contribution in [3.63, 3.8) is 0 Å². The lowest BCUT2D eigenvalue weighted by Gasteiger charge is -2.42. The van der Waals surface area contributed by atoms with Crippen LogP contribution < -0.4 is 0 Å². The molecule has 0 saturated carbocycles. The maximum atomic E-state index is 2.60. The van der Waals surface area contributed by atoms with Crippen molar-refractivity contribution < 1.29 is 0 Å². The molecule has 0 bridgehead atoms. The van der Waals surface area contributed by atoms with Crippen LogP contribution >= 0.6 is 0 Å². The second-order valence-corrected chi connectivity index (χ2v) is 8.56. The third kappa shape index (κ3) is 7.60. The van der Waals surface area contributed by atoms with Gasteiger partial charge in [0.25, 0.3) is 0 Å². The highest BCUT2D eigenvalue weighted by Crippen LogP contribution is 2.38. The molecule has 0 aliphatic carbocycles. The predicted octanol–water partition coefficient (Wildman–Crippen LogP) is 6.37. The smallest absolute Gasteiger partial charge is 0.0233 e. The summed E-state index contributed by atoms with van der Waals surface area (Å²) in [6.07, 6.45) is 6.35. The van der Waals surface area contributed by atoms with Crippen LogP contribution in [0.3, 0.4) is 0 Å². The van der Waals surface area contributed by atoms with Crippen molar-refractivity contribution >= 4 is 0 Å². The number of likely N-dealkylation sites (tertiary alicyclic amines) is 1. The first kappa shape index (κ1) is 23.6. The van der Waals surface area contributed by atoms with Crippen molar-refractivity contribution in [1.29, 1.82) is 0 Å². The molecule has 0 atom stereocenters. The molecule has 1 aliphatic heterocycles. The summed E-state index contributed by atoms with van der Waals surface area (Å²) < 4.78 is 0. The van der Waals surface area contributed by atoms with E-state index in [9.17, 15) is 0 Å². The Balaban J connectivity index is 0.000000321. The monoisotopic (exact) mass is 394 g/mol. The zero-order chi connectivity index (χ0) is 21.0. The number of piperidine rings is 1. The maximum absolute atomic E-state index is 2.60. The van der Waals surface area contributed by atoms with Crippen LogP contribution in [0.25, 0.3) is 0 Å². The van der Waals surface area contributed by atoms with E-state index >= 15 is 0 Å². The molecule has 29 heavy (non-hydrogen) atoms. The van der Waals surface area contributed by atoms with Gasteiger partial charge in [0.2, 0.25) is 0 Å². The minimum Gasteiger partial charge on any atom is -0.306 e. The van der Waals surface area contributed by atoms with E-state index in [1.54, 1.807) is 0 Å². The molecular weight excluding hydrogens is 352 g/mol. The minimum atomic E-state index is 0.397. The molecule has 2 nitrogen and oxygen atoms in total. The zero-order valence-corrected chi connectivity index (χ0v) is 19.2. The van der Waals surface area contributed by atoms with Gasteiger partial charge >= 0.3 is 0 Å². The first-order valence-corrected chi connectivity index (χ1v) is 11.6. The lowest BCUT2D eigenvalue weighted by atomic mass is 9.71. The van der Waals surface area contributed by atoms with Crippen molar-refractivity contribution in [2.24, 2.45) is 0 Å². The van der Waals surface area contributed by atoms with Crippen LogP contribution in [-0.2, 0) is 12.0 Å². The van der Waals surface area contributed by atoms with Gasteiger partial charge in [0, 0.05) is 6.54 Å². The molecule has 0 radical (unpaired) electrons. The molecule has 1 saturated heterocycles. The van der Waals surface area contributed by atoms with E-state index in [0.29, 0.717) is 5.41 Å². The summed E-state index contributed by atoms with van der Waals surface area (Å²) in [5.74, 6) is 0. The second kappa shape index (κ2) is 12.8. The van der Waals surface area contributed by atoms with Gasteiger partial charge in [0.1, 0.15) is 0 Å². The van der Waals surface area contributed by atoms with Gasteiger partial charge in [-0.25, -0.2) is 0 Å². The van der Waals surface area contributed by atoms with E-state index in [4.69, 9.17) is 0 Å². The van der Waals surface area contributed by atoms with E-state index < -0.39 is 0 Å². The quantitative estimate of drug-likeness (QED) is 0.513. The number of hydrogen-bond acceptors (Lipinski definition) is 2. The topological polar surface area (TPSA) is 6.48 Å². The van der Waals surface area contributed by atoms with Gasteiger partial charge in [-0.15, -0.1) is 0 Å². The molecule has 2 aromatic carbocycles. The summed E-state index contributed by atoms with van der Waals surface area (Å²) in [5.41, 5.74) is 3.36. The standard InChI is InChI=1S/C20H25N.C7H17N/c1-2-20(19-11-7-4-8-12-19)13-15-21(16-14-20)17-18-9-5-3-6-10-18;1-4-6-8(3)7-5-2/h3-12H,2,13-17H2,1H3;4-7H2,1-3H3. The van der Waals surface area contributed by atoms with E-state index in [2.05, 4.69) is 98.3 Å². The third-order valence-corrected chi connectivity index (χ3v) is 6.34. The van der Waals surface area contributed by atoms with Crippen LogP contribution in [0.5, 0.6) is 0 Å². The van der Waals surface area contributed by atoms with Crippen LogP contribution in [-0.4, -0.2) is 43.0 Å². The normalized spacial score (nSPS) is 16.3. The van der Waals surface area contributed by atoms with Gasteiger partial charge in [-0.2, -0.15) is 0 Å². The van der Waals surface area contributed by atoms with Crippen molar-refractivity contribution in [2.45, 2.75) is 64.8 Å². The van der Waals surface area contributed by atoms with E-state index in [-0.39, 0.29) is 0 Å². The Morgan fingerprint density at radius 2 is 1.31 bits per heavy atom. The zero-order valence-electron chi connectivity index (χ0n) is 19.2. The minimum absolute atomic E-state index is 0.397. The molecular formula is C27H42N2. The number of benzene rings is 2. The van der Waals surface area contributed by atoms with Crippen molar-refractivity contribution in [1.82, 2.24) is 9.80 Å². The number of hydrogen-bond donors (Lipinski definition) is 0. The van der Waals surface area contributed by atoms with Crippen molar-refractivity contribution in [3.8, 4) is 0 Å². The Morgan fingerprint density at radius 3 is 1.79 bits per heavy atom. The Kier molecular flexibility index (Phi) is 10.5. The fourth-order valence-corrected chi connectivity index (χ4v) is 4.49. The Hall–Kier alpha value is -1.64. The van der Waals surface area contributed by atoms with Crippen LogP contribution in [0.2, 0.25) is 0 Å². The van der Waals surface area contributed by atoms with Crippen LogP contribution in [0.4, 0.5) is 0 Å². The predicted molar refractivity (Wildman–Crippen MR) is 127 cm³/mol. The number of rotatable bonds is 8. The Labute approximate surface area is 179 Å². The van der Waals surface area contributed by atoms with Crippen LogP contribution in [0, 0.1) is 0 Å².